The first kappa shape index (κ1) is 16.3. The van der Waals surface area contributed by atoms with Gasteiger partial charge in [-0.15, -0.1) is 0 Å². The minimum atomic E-state index is 0.268. The van der Waals surface area contributed by atoms with E-state index in [-0.39, 0.29) is 5.28 Å². The van der Waals surface area contributed by atoms with E-state index in [9.17, 15) is 0 Å². The molecule has 1 aromatic heterocycles. The molecule has 0 aliphatic carbocycles. The normalized spacial score (nSPS) is 16.9. The molecule has 1 aliphatic heterocycles. The SMILES string of the molecule is COc1ccc2nc(Cl)nc(NC3CCN(C(C)C)CC3)c2c1. The largest absolute Gasteiger partial charge is 0.497 e. The summed E-state index contributed by atoms with van der Waals surface area (Å²) in [5.41, 5.74) is 0.827. The van der Waals surface area contributed by atoms with Crippen molar-refractivity contribution in [2.45, 2.75) is 38.8 Å². The van der Waals surface area contributed by atoms with Crippen molar-refractivity contribution in [1.29, 1.82) is 0 Å². The molecule has 2 aromatic rings. The van der Waals surface area contributed by atoms with Gasteiger partial charge >= 0.3 is 0 Å². The number of ether oxygens (including phenoxy) is 1. The van der Waals surface area contributed by atoms with Gasteiger partial charge in [0.25, 0.3) is 0 Å². The Bertz CT molecular complexity index is 684. The second-order valence-corrected chi connectivity index (χ2v) is 6.61. The molecule has 3 rings (SSSR count). The molecule has 124 valence electrons. The maximum Gasteiger partial charge on any atom is 0.224 e. The third kappa shape index (κ3) is 3.67. The van der Waals surface area contributed by atoms with E-state index in [1.165, 1.54) is 0 Å². The first-order valence-corrected chi connectivity index (χ1v) is 8.46. The lowest BCUT2D eigenvalue weighted by Crippen LogP contribution is -2.42. The van der Waals surface area contributed by atoms with Crippen LogP contribution in [0, 0.1) is 0 Å². The maximum atomic E-state index is 6.08. The van der Waals surface area contributed by atoms with E-state index < -0.39 is 0 Å². The number of hydrogen-bond acceptors (Lipinski definition) is 5. The molecule has 0 atom stereocenters. The van der Waals surface area contributed by atoms with Gasteiger partial charge in [0.1, 0.15) is 11.6 Å². The van der Waals surface area contributed by atoms with Gasteiger partial charge in [0.15, 0.2) is 0 Å². The molecule has 1 N–H and O–H groups in total. The summed E-state index contributed by atoms with van der Waals surface area (Å²) in [5.74, 6) is 1.59. The van der Waals surface area contributed by atoms with Crippen LogP contribution in [0.4, 0.5) is 5.82 Å². The zero-order valence-corrected chi connectivity index (χ0v) is 14.6. The Kier molecular flexibility index (Phi) is 4.87. The molecule has 5 nitrogen and oxygen atoms in total. The van der Waals surface area contributed by atoms with Gasteiger partial charge in [0, 0.05) is 30.6 Å². The van der Waals surface area contributed by atoms with Crippen molar-refractivity contribution in [2.24, 2.45) is 0 Å². The maximum absolute atomic E-state index is 6.08. The Hall–Kier alpha value is -1.59. The number of likely N-dealkylation sites (tertiary alicyclic amines) is 1. The molecule has 0 spiro atoms. The van der Waals surface area contributed by atoms with Crippen molar-refractivity contribution in [2.75, 3.05) is 25.5 Å². The smallest absolute Gasteiger partial charge is 0.224 e. The molecule has 0 bridgehead atoms. The van der Waals surface area contributed by atoms with Crippen molar-refractivity contribution >= 4 is 28.3 Å². The van der Waals surface area contributed by atoms with Gasteiger partial charge in [-0.05, 0) is 56.5 Å². The lowest BCUT2D eigenvalue weighted by molar-refractivity contribution is 0.177. The summed E-state index contributed by atoms with van der Waals surface area (Å²) in [5, 5.41) is 4.77. The molecular weight excluding hydrogens is 312 g/mol. The molecule has 1 aromatic carbocycles. The van der Waals surface area contributed by atoms with Crippen LogP contribution in [-0.2, 0) is 0 Å². The van der Waals surface area contributed by atoms with Crippen LogP contribution in [0.2, 0.25) is 5.28 Å². The van der Waals surface area contributed by atoms with E-state index in [0.717, 1.165) is 48.4 Å². The van der Waals surface area contributed by atoms with Gasteiger partial charge in [-0.1, -0.05) is 0 Å². The fraction of sp³-hybridized carbons (Fsp3) is 0.529. The second-order valence-electron chi connectivity index (χ2n) is 6.27. The minimum Gasteiger partial charge on any atom is -0.497 e. The van der Waals surface area contributed by atoms with Crippen LogP contribution in [0.3, 0.4) is 0 Å². The van der Waals surface area contributed by atoms with Crippen LogP contribution < -0.4 is 10.1 Å². The summed E-state index contributed by atoms with van der Waals surface area (Å²) >= 11 is 6.08. The fourth-order valence-corrected chi connectivity index (χ4v) is 3.25. The summed E-state index contributed by atoms with van der Waals surface area (Å²) in [6, 6.07) is 6.77. The Balaban J connectivity index is 1.82. The fourth-order valence-electron chi connectivity index (χ4n) is 3.07. The summed E-state index contributed by atoms with van der Waals surface area (Å²) < 4.78 is 5.31. The third-order valence-electron chi connectivity index (χ3n) is 4.48. The predicted molar refractivity (Wildman–Crippen MR) is 94.5 cm³/mol. The van der Waals surface area contributed by atoms with Crippen molar-refractivity contribution in [1.82, 2.24) is 14.9 Å². The number of hydrogen-bond donors (Lipinski definition) is 1. The van der Waals surface area contributed by atoms with E-state index in [0.29, 0.717) is 12.1 Å². The first-order chi connectivity index (χ1) is 11.1. The van der Waals surface area contributed by atoms with Crippen molar-refractivity contribution < 1.29 is 4.74 Å². The molecule has 1 saturated heterocycles. The molecule has 0 saturated carbocycles. The third-order valence-corrected chi connectivity index (χ3v) is 4.65. The number of fused-ring (bicyclic) bond motifs is 1. The Labute approximate surface area is 142 Å². The number of piperidine rings is 1. The molecule has 23 heavy (non-hydrogen) atoms. The van der Waals surface area contributed by atoms with Crippen LogP contribution in [-0.4, -0.2) is 47.2 Å². The Morgan fingerprint density at radius 2 is 2.00 bits per heavy atom. The van der Waals surface area contributed by atoms with Crippen molar-refractivity contribution in [3.8, 4) is 5.75 Å². The van der Waals surface area contributed by atoms with Crippen LogP contribution in [0.5, 0.6) is 5.75 Å². The molecule has 1 fully saturated rings. The highest BCUT2D eigenvalue weighted by atomic mass is 35.5. The first-order valence-electron chi connectivity index (χ1n) is 8.08. The zero-order valence-electron chi connectivity index (χ0n) is 13.8. The van der Waals surface area contributed by atoms with Gasteiger partial charge in [-0.3, -0.25) is 0 Å². The van der Waals surface area contributed by atoms with Crippen molar-refractivity contribution in [3.63, 3.8) is 0 Å². The number of benzene rings is 1. The van der Waals surface area contributed by atoms with Gasteiger partial charge in [-0.25, -0.2) is 9.97 Å². The van der Waals surface area contributed by atoms with Crippen LogP contribution >= 0.6 is 11.6 Å². The van der Waals surface area contributed by atoms with E-state index in [4.69, 9.17) is 16.3 Å². The number of nitrogens with zero attached hydrogens (tertiary/aromatic N) is 3. The molecular formula is C17H23ClN4O. The molecule has 0 unspecified atom stereocenters. The summed E-state index contributed by atoms with van der Waals surface area (Å²) in [6.07, 6.45) is 2.20. The molecule has 6 heteroatoms. The zero-order chi connectivity index (χ0) is 16.4. The predicted octanol–water partition coefficient (Wildman–Crippen LogP) is 3.58. The van der Waals surface area contributed by atoms with Gasteiger partial charge in [0.2, 0.25) is 5.28 Å². The summed E-state index contributed by atoms with van der Waals surface area (Å²) in [7, 11) is 1.66. The number of nitrogens with one attached hydrogen (secondary N) is 1. The highest BCUT2D eigenvalue weighted by Crippen LogP contribution is 2.28. The number of rotatable bonds is 4. The molecule has 1 aliphatic rings. The Morgan fingerprint density at radius 1 is 1.26 bits per heavy atom. The topological polar surface area (TPSA) is 50.3 Å². The van der Waals surface area contributed by atoms with Gasteiger partial charge in [0.05, 0.1) is 12.6 Å². The van der Waals surface area contributed by atoms with Crippen LogP contribution in [0.1, 0.15) is 26.7 Å². The van der Waals surface area contributed by atoms with Gasteiger partial charge in [-0.2, -0.15) is 0 Å². The van der Waals surface area contributed by atoms with Crippen LogP contribution in [0.15, 0.2) is 18.2 Å². The molecule has 2 heterocycles. The summed E-state index contributed by atoms with van der Waals surface area (Å²) in [6.45, 7) is 6.71. The van der Waals surface area contributed by atoms with Crippen LogP contribution in [0.25, 0.3) is 10.9 Å². The molecule has 0 radical (unpaired) electrons. The second kappa shape index (κ2) is 6.89. The monoisotopic (exact) mass is 334 g/mol. The number of aromatic nitrogens is 2. The molecule has 0 amide bonds. The van der Waals surface area contributed by atoms with Crippen molar-refractivity contribution in [3.05, 3.63) is 23.5 Å². The summed E-state index contributed by atoms with van der Waals surface area (Å²) in [4.78, 5) is 11.2. The van der Waals surface area contributed by atoms with E-state index >= 15 is 0 Å². The average Bonchev–Trinajstić information content (AvgIpc) is 2.55. The van der Waals surface area contributed by atoms with E-state index in [1.807, 2.05) is 18.2 Å². The lowest BCUT2D eigenvalue weighted by atomic mass is 10.0. The number of halogens is 1. The standard InChI is InChI=1S/C17H23ClN4O/c1-11(2)22-8-6-12(7-9-22)19-16-14-10-13(23-3)4-5-15(14)20-17(18)21-16/h4-5,10-12H,6-9H2,1-3H3,(H,19,20,21). The number of methoxy groups -OCH3 is 1. The highest BCUT2D eigenvalue weighted by molar-refractivity contribution is 6.28. The highest BCUT2D eigenvalue weighted by Gasteiger charge is 2.21. The minimum absolute atomic E-state index is 0.268. The number of anilines is 1. The quantitative estimate of drug-likeness (QED) is 0.866. The Morgan fingerprint density at radius 3 is 2.65 bits per heavy atom. The lowest BCUT2D eigenvalue weighted by Gasteiger charge is -2.35. The van der Waals surface area contributed by atoms with E-state index in [1.54, 1.807) is 7.11 Å². The average molecular weight is 335 g/mol. The van der Waals surface area contributed by atoms with Gasteiger partial charge < -0.3 is 15.0 Å². The van der Waals surface area contributed by atoms with E-state index in [2.05, 4.69) is 34.0 Å².